The maximum absolute atomic E-state index is 5.54. The predicted molar refractivity (Wildman–Crippen MR) is 87.9 cm³/mol. The Balaban J connectivity index is 2.15. The normalized spacial score (nSPS) is 17.4. The molecule has 0 aromatic heterocycles. The molecule has 0 aromatic rings. The summed E-state index contributed by atoms with van der Waals surface area (Å²) >= 11 is 0. The van der Waals surface area contributed by atoms with Crippen LogP contribution in [0.25, 0.3) is 0 Å². The monoisotopic (exact) mass is 299 g/mol. The predicted octanol–water partition coefficient (Wildman–Crippen LogP) is 2.17. The highest BCUT2D eigenvalue weighted by Crippen LogP contribution is 2.43. The van der Waals surface area contributed by atoms with E-state index >= 15 is 0 Å². The number of methoxy groups -OCH3 is 1. The van der Waals surface area contributed by atoms with Gasteiger partial charge in [-0.1, -0.05) is 19.8 Å². The molecule has 1 fully saturated rings. The first kappa shape index (κ1) is 18.2. The first-order chi connectivity index (χ1) is 10.3. The van der Waals surface area contributed by atoms with Crippen LogP contribution in [-0.2, 0) is 9.47 Å². The van der Waals surface area contributed by atoms with Gasteiger partial charge in [-0.2, -0.15) is 0 Å². The number of nitrogens with zero attached hydrogens (tertiary/aromatic N) is 1. The lowest BCUT2D eigenvalue weighted by Crippen LogP contribution is -2.47. The van der Waals surface area contributed by atoms with Gasteiger partial charge in [0, 0.05) is 40.5 Å². The second kappa shape index (κ2) is 10.9. The van der Waals surface area contributed by atoms with Crippen molar-refractivity contribution >= 4 is 5.96 Å². The molecule has 0 saturated heterocycles. The summed E-state index contributed by atoms with van der Waals surface area (Å²) in [5, 5.41) is 6.76. The van der Waals surface area contributed by atoms with Gasteiger partial charge in [0.15, 0.2) is 5.96 Å². The minimum absolute atomic E-state index is 0.408. The summed E-state index contributed by atoms with van der Waals surface area (Å²) in [7, 11) is 3.59. The van der Waals surface area contributed by atoms with Crippen molar-refractivity contribution in [2.24, 2.45) is 10.4 Å². The molecule has 0 heterocycles. The van der Waals surface area contributed by atoms with Crippen LogP contribution in [-0.4, -0.2) is 53.0 Å². The molecule has 5 heteroatoms. The molecule has 0 unspecified atom stereocenters. The molecular formula is C16H33N3O2. The van der Waals surface area contributed by atoms with Gasteiger partial charge >= 0.3 is 0 Å². The van der Waals surface area contributed by atoms with E-state index in [4.69, 9.17) is 9.47 Å². The fraction of sp³-hybridized carbons (Fsp3) is 0.938. The Labute approximate surface area is 129 Å². The molecular weight excluding hydrogens is 266 g/mol. The summed E-state index contributed by atoms with van der Waals surface area (Å²) in [5.74, 6) is 0.873. The minimum Gasteiger partial charge on any atom is -0.385 e. The Bertz CT molecular complexity index is 291. The SMILES string of the molecule is CCCCOCCNC(=NC)NCC1(CCOC)CCC1. The number of ether oxygens (including phenoxy) is 2. The van der Waals surface area contributed by atoms with E-state index in [-0.39, 0.29) is 0 Å². The Morgan fingerprint density at radius 2 is 2.00 bits per heavy atom. The van der Waals surface area contributed by atoms with Crippen LogP contribution in [0.1, 0.15) is 45.4 Å². The van der Waals surface area contributed by atoms with Crippen LogP contribution in [0.4, 0.5) is 0 Å². The molecule has 1 rings (SSSR count). The largest absolute Gasteiger partial charge is 0.385 e. The van der Waals surface area contributed by atoms with Crippen LogP contribution in [0.3, 0.4) is 0 Å². The third-order valence-electron chi connectivity index (χ3n) is 4.29. The molecule has 0 amide bonds. The molecule has 5 nitrogen and oxygen atoms in total. The van der Waals surface area contributed by atoms with E-state index in [9.17, 15) is 0 Å². The average Bonchev–Trinajstić information content (AvgIpc) is 2.47. The van der Waals surface area contributed by atoms with Crippen molar-refractivity contribution in [2.75, 3.05) is 47.1 Å². The lowest BCUT2D eigenvalue weighted by atomic mass is 9.67. The number of rotatable bonds is 11. The van der Waals surface area contributed by atoms with E-state index in [0.29, 0.717) is 5.41 Å². The summed E-state index contributed by atoms with van der Waals surface area (Å²) in [6.07, 6.45) is 7.37. The van der Waals surface area contributed by atoms with Gasteiger partial charge in [0.25, 0.3) is 0 Å². The molecule has 0 aromatic carbocycles. The van der Waals surface area contributed by atoms with Crippen LogP contribution in [0, 0.1) is 5.41 Å². The first-order valence-electron chi connectivity index (χ1n) is 8.27. The minimum atomic E-state index is 0.408. The summed E-state index contributed by atoms with van der Waals surface area (Å²) in [4.78, 5) is 4.27. The summed E-state index contributed by atoms with van der Waals surface area (Å²) in [6.45, 7) is 6.38. The van der Waals surface area contributed by atoms with Gasteiger partial charge in [0.1, 0.15) is 0 Å². The Kier molecular flexibility index (Phi) is 9.42. The van der Waals surface area contributed by atoms with Gasteiger partial charge < -0.3 is 20.1 Å². The van der Waals surface area contributed by atoms with Gasteiger partial charge in [-0.25, -0.2) is 0 Å². The van der Waals surface area contributed by atoms with Crippen LogP contribution in [0.2, 0.25) is 0 Å². The fourth-order valence-corrected chi connectivity index (χ4v) is 2.59. The number of guanidine groups is 1. The standard InChI is InChI=1S/C16H33N3O2/c1-4-5-11-21-13-10-18-15(17-2)19-14-16(7-6-8-16)9-12-20-3/h4-14H2,1-3H3,(H2,17,18,19). The fourth-order valence-electron chi connectivity index (χ4n) is 2.59. The van der Waals surface area contributed by atoms with Crippen molar-refractivity contribution in [3.63, 3.8) is 0 Å². The molecule has 0 bridgehead atoms. The summed E-state index contributed by atoms with van der Waals surface area (Å²) in [6, 6.07) is 0. The number of hydrogen-bond donors (Lipinski definition) is 2. The molecule has 0 spiro atoms. The van der Waals surface area contributed by atoms with Crippen LogP contribution in [0.15, 0.2) is 4.99 Å². The van der Waals surface area contributed by atoms with E-state index in [1.165, 1.54) is 25.7 Å². The topological polar surface area (TPSA) is 54.9 Å². The lowest BCUT2D eigenvalue weighted by Gasteiger charge is -2.42. The van der Waals surface area contributed by atoms with E-state index in [1.807, 2.05) is 7.05 Å². The lowest BCUT2D eigenvalue weighted by molar-refractivity contribution is 0.0732. The number of aliphatic imine (C=N–C) groups is 1. The van der Waals surface area contributed by atoms with Crippen LogP contribution < -0.4 is 10.6 Å². The smallest absolute Gasteiger partial charge is 0.191 e. The zero-order valence-corrected chi connectivity index (χ0v) is 14.0. The van der Waals surface area contributed by atoms with Crippen molar-refractivity contribution in [3.05, 3.63) is 0 Å². The van der Waals surface area contributed by atoms with Gasteiger partial charge in [0.05, 0.1) is 6.61 Å². The summed E-state index contributed by atoms with van der Waals surface area (Å²) < 4.78 is 10.8. The number of nitrogens with one attached hydrogen (secondary N) is 2. The van der Waals surface area contributed by atoms with Crippen molar-refractivity contribution in [2.45, 2.75) is 45.4 Å². The highest BCUT2D eigenvalue weighted by molar-refractivity contribution is 5.79. The molecule has 0 atom stereocenters. The van der Waals surface area contributed by atoms with Crippen molar-refractivity contribution < 1.29 is 9.47 Å². The van der Waals surface area contributed by atoms with Gasteiger partial charge in [-0.3, -0.25) is 4.99 Å². The first-order valence-corrected chi connectivity index (χ1v) is 8.27. The van der Waals surface area contributed by atoms with E-state index in [0.717, 1.165) is 51.7 Å². The van der Waals surface area contributed by atoms with Crippen molar-refractivity contribution in [3.8, 4) is 0 Å². The summed E-state index contributed by atoms with van der Waals surface area (Å²) in [5.41, 5.74) is 0.408. The molecule has 2 N–H and O–H groups in total. The third kappa shape index (κ3) is 7.14. The highest BCUT2D eigenvalue weighted by Gasteiger charge is 2.36. The molecule has 0 radical (unpaired) electrons. The maximum Gasteiger partial charge on any atom is 0.191 e. The second-order valence-electron chi connectivity index (χ2n) is 5.91. The van der Waals surface area contributed by atoms with Crippen LogP contribution in [0.5, 0.6) is 0 Å². The third-order valence-corrected chi connectivity index (χ3v) is 4.29. The van der Waals surface area contributed by atoms with Crippen molar-refractivity contribution in [1.82, 2.24) is 10.6 Å². The van der Waals surface area contributed by atoms with E-state index in [2.05, 4.69) is 22.5 Å². The molecule has 0 aliphatic heterocycles. The molecule has 1 saturated carbocycles. The van der Waals surface area contributed by atoms with Gasteiger partial charge in [-0.15, -0.1) is 0 Å². The Morgan fingerprint density at radius 1 is 1.19 bits per heavy atom. The average molecular weight is 299 g/mol. The van der Waals surface area contributed by atoms with Gasteiger partial charge in [-0.05, 0) is 31.1 Å². The molecule has 124 valence electrons. The van der Waals surface area contributed by atoms with Gasteiger partial charge in [0.2, 0.25) is 0 Å². The van der Waals surface area contributed by atoms with Crippen LogP contribution >= 0.6 is 0 Å². The Morgan fingerprint density at radius 3 is 2.57 bits per heavy atom. The zero-order valence-electron chi connectivity index (χ0n) is 14.0. The second-order valence-corrected chi connectivity index (χ2v) is 5.91. The molecule has 1 aliphatic rings. The Hall–Kier alpha value is -0.810. The number of hydrogen-bond acceptors (Lipinski definition) is 3. The van der Waals surface area contributed by atoms with E-state index in [1.54, 1.807) is 7.11 Å². The zero-order chi connectivity index (χ0) is 15.4. The maximum atomic E-state index is 5.54. The quantitative estimate of drug-likeness (QED) is 0.349. The number of unbranched alkanes of at least 4 members (excludes halogenated alkanes) is 1. The molecule has 1 aliphatic carbocycles. The molecule has 21 heavy (non-hydrogen) atoms. The highest BCUT2D eigenvalue weighted by atomic mass is 16.5. The van der Waals surface area contributed by atoms with Crippen molar-refractivity contribution in [1.29, 1.82) is 0 Å². The van der Waals surface area contributed by atoms with E-state index < -0.39 is 0 Å².